The minimum atomic E-state index is 0.338. The number of rotatable bonds is 5. The zero-order chi connectivity index (χ0) is 13.7. The zero-order valence-electron chi connectivity index (χ0n) is 11.9. The summed E-state index contributed by atoms with van der Waals surface area (Å²) >= 11 is 0. The van der Waals surface area contributed by atoms with Gasteiger partial charge in [-0.1, -0.05) is 6.92 Å². The van der Waals surface area contributed by atoms with E-state index in [1.807, 2.05) is 6.07 Å². The smallest absolute Gasteiger partial charge is 0.229 e. The van der Waals surface area contributed by atoms with Crippen LogP contribution in [0.4, 0.5) is 5.95 Å². The lowest BCUT2D eigenvalue weighted by atomic mass is 9.97. The molecule has 106 valence electrons. The topological polar surface area (TPSA) is 64.3 Å². The molecular formula is C14H24N4O. The Balaban J connectivity index is 2.18. The summed E-state index contributed by atoms with van der Waals surface area (Å²) in [4.78, 5) is 11.2. The van der Waals surface area contributed by atoms with Crippen LogP contribution in [0.25, 0.3) is 0 Å². The summed E-state index contributed by atoms with van der Waals surface area (Å²) in [7, 11) is 0. The molecule has 1 aromatic heterocycles. The van der Waals surface area contributed by atoms with Crippen LogP contribution in [0.5, 0.6) is 5.88 Å². The first-order valence-electron chi connectivity index (χ1n) is 7.20. The number of nitrogens with two attached hydrogens (primary N) is 1. The van der Waals surface area contributed by atoms with Crippen molar-refractivity contribution in [2.75, 3.05) is 18.1 Å². The van der Waals surface area contributed by atoms with Crippen LogP contribution in [-0.2, 0) is 0 Å². The van der Waals surface area contributed by atoms with Crippen molar-refractivity contribution in [3.8, 4) is 5.88 Å². The third-order valence-corrected chi connectivity index (χ3v) is 3.60. The monoisotopic (exact) mass is 264 g/mol. The van der Waals surface area contributed by atoms with Gasteiger partial charge in [0.2, 0.25) is 11.8 Å². The summed E-state index contributed by atoms with van der Waals surface area (Å²) in [5.74, 6) is 1.40. The fraction of sp³-hybridized carbons (Fsp3) is 0.714. The van der Waals surface area contributed by atoms with Gasteiger partial charge in [0.15, 0.2) is 0 Å². The van der Waals surface area contributed by atoms with Crippen molar-refractivity contribution in [2.45, 2.75) is 51.6 Å². The Hall–Kier alpha value is -1.36. The highest BCUT2D eigenvalue weighted by Gasteiger charge is 2.29. The summed E-state index contributed by atoms with van der Waals surface area (Å²) in [6.07, 6.45) is 6.25. The average Bonchev–Trinajstić information content (AvgIpc) is 2.45. The summed E-state index contributed by atoms with van der Waals surface area (Å²) in [6, 6.07) is 2.58. The van der Waals surface area contributed by atoms with E-state index in [-0.39, 0.29) is 0 Å². The zero-order valence-corrected chi connectivity index (χ0v) is 11.9. The highest BCUT2D eigenvalue weighted by atomic mass is 16.5. The first-order valence-corrected chi connectivity index (χ1v) is 7.20. The van der Waals surface area contributed by atoms with Gasteiger partial charge in [-0.15, -0.1) is 0 Å². The third kappa shape index (κ3) is 3.35. The van der Waals surface area contributed by atoms with Gasteiger partial charge in [0.1, 0.15) is 0 Å². The molecule has 0 amide bonds. The summed E-state index contributed by atoms with van der Waals surface area (Å²) < 4.78 is 5.58. The Morgan fingerprint density at radius 2 is 2.32 bits per heavy atom. The van der Waals surface area contributed by atoms with Gasteiger partial charge in [-0.2, -0.15) is 4.98 Å². The summed E-state index contributed by atoms with van der Waals surface area (Å²) in [5, 5.41) is 0. The molecule has 0 saturated carbocycles. The van der Waals surface area contributed by atoms with E-state index in [1.165, 1.54) is 12.8 Å². The Bertz CT molecular complexity index is 399. The van der Waals surface area contributed by atoms with E-state index in [4.69, 9.17) is 10.5 Å². The van der Waals surface area contributed by atoms with Crippen LogP contribution in [0, 0.1) is 0 Å². The Kier molecular flexibility index (Phi) is 4.96. The molecule has 0 radical (unpaired) electrons. The van der Waals surface area contributed by atoms with Crippen molar-refractivity contribution >= 4 is 5.95 Å². The van der Waals surface area contributed by atoms with Gasteiger partial charge in [-0.25, -0.2) is 4.98 Å². The second-order valence-corrected chi connectivity index (χ2v) is 5.12. The van der Waals surface area contributed by atoms with Gasteiger partial charge >= 0.3 is 0 Å². The minimum absolute atomic E-state index is 0.338. The lowest BCUT2D eigenvalue weighted by molar-refractivity contribution is 0.303. The van der Waals surface area contributed by atoms with E-state index < -0.39 is 0 Å². The number of piperidine rings is 1. The number of anilines is 1. The highest BCUT2D eigenvalue weighted by Crippen LogP contribution is 2.27. The standard InChI is InChI=1S/C14H24N4O/c1-3-9-19-13-7-8-16-14(17-13)18-11(2)5-4-6-12(18)10-15/h7-8,11-12H,3-6,9-10,15H2,1-2H3. The maximum Gasteiger partial charge on any atom is 0.229 e. The van der Waals surface area contributed by atoms with Gasteiger partial charge in [-0.3, -0.25) is 0 Å². The van der Waals surface area contributed by atoms with Crippen molar-refractivity contribution in [3.63, 3.8) is 0 Å². The van der Waals surface area contributed by atoms with Crippen molar-refractivity contribution in [1.29, 1.82) is 0 Å². The molecule has 2 N–H and O–H groups in total. The molecule has 1 aromatic rings. The summed E-state index contributed by atoms with van der Waals surface area (Å²) in [5.41, 5.74) is 5.88. The molecule has 0 bridgehead atoms. The second kappa shape index (κ2) is 6.70. The maximum absolute atomic E-state index is 5.88. The van der Waals surface area contributed by atoms with Crippen molar-refractivity contribution in [3.05, 3.63) is 12.3 Å². The average molecular weight is 264 g/mol. The lowest BCUT2D eigenvalue weighted by Gasteiger charge is -2.40. The maximum atomic E-state index is 5.88. The Labute approximate surface area is 115 Å². The first-order chi connectivity index (χ1) is 9.26. The molecule has 5 heteroatoms. The molecule has 0 aliphatic carbocycles. The molecule has 1 saturated heterocycles. The molecule has 1 aliphatic heterocycles. The molecule has 1 aliphatic rings. The van der Waals surface area contributed by atoms with E-state index in [0.717, 1.165) is 18.8 Å². The number of hydrogen-bond donors (Lipinski definition) is 1. The van der Waals surface area contributed by atoms with E-state index in [2.05, 4.69) is 28.7 Å². The first kappa shape index (κ1) is 14.1. The summed E-state index contributed by atoms with van der Waals surface area (Å²) in [6.45, 7) is 5.63. The molecule has 0 aromatic carbocycles. The Morgan fingerprint density at radius 3 is 3.05 bits per heavy atom. The van der Waals surface area contributed by atoms with Crippen LogP contribution in [0.3, 0.4) is 0 Å². The van der Waals surface area contributed by atoms with Crippen molar-refractivity contribution in [1.82, 2.24) is 9.97 Å². The fourth-order valence-corrected chi connectivity index (χ4v) is 2.62. The SMILES string of the molecule is CCCOc1ccnc(N2C(C)CCCC2CN)n1. The molecule has 1 fully saturated rings. The molecule has 5 nitrogen and oxygen atoms in total. The Morgan fingerprint density at radius 1 is 1.47 bits per heavy atom. The number of hydrogen-bond acceptors (Lipinski definition) is 5. The molecule has 19 heavy (non-hydrogen) atoms. The molecule has 2 unspecified atom stereocenters. The number of nitrogens with zero attached hydrogens (tertiary/aromatic N) is 3. The molecule has 2 heterocycles. The van der Waals surface area contributed by atoms with Gasteiger partial charge in [0, 0.05) is 30.9 Å². The third-order valence-electron chi connectivity index (χ3n) is 3.60. The van der Waals surface area contributed by atoms with Crippen LogP contribution >= 0.6 is 0 Å². The minimum Gasteiger partial charge on any atom is -0.478 e. The number of ether oxygens (including phenoxy) is 1. The second-order valence-electron chi connectivity index (χ2n) is 5.12. The molecule has 2 rings (SSSR count). The molecule has 0 spiro atoms. The fourth-order valence-electron chi connectivity index (χ4n) is 2.62. The predicted molar refractivity (Wildman–Crippen MR) is 76.5 cm³/mol. The van der Waals surface area contributed by atoms with Crippen molar-refractivity contribution < 1.29 is 4.74 Å². The van der Waals surface area contributed by atoms with Crippen LogP contribution in [0.2, 0.25) is 0 Å². The predicted octanol–water partition coefficient (Wildman–Crippen LogP) is 1.97. The van der Waals surface area contributed by atoms with Crippen LogP contribution in [0.1, 0.15) is 39.5 Å². The van der Waals surface area contributed by atoms with Gasteiger partial charge in [0.25, 0.3) is 0 Å². The van der Waals surface area contributed by atoms with Gasteiger partial charge < -0.3 is 15.4 Å². The van der Waals surface area contributed by atoms with Crippen LogP contribution in [-0.4, -0.2) is 35.2 Å². The number of aromatic nitrogens is 2. The quantitative estimate of drug-likeness (QED) is 0.881. The lowest BCUT2D eigenvalue weighted by Crippen LogP contribution is -2.49. The van der Waals surface area contributed by atoms with E-state index in [1.54, 1.807) is 6.20 Å². The van der Waals surface area contributed by atoms with Crippen molar-refractivity contribution in [2.24, 2.45) is 5.73 Å². The van der Waals surface area contributed by atoms with Gasteiger partial charge in [-0.05, 0) is 32.6 Å². The van der Waals surface area contributed by atoms with E-state index in [0.29, 0.717) is 31.1 Å². The molecular weight excluding hydrogens is 240 g/mol. The van der Waals surface area contributed by atoms with Crippen LogP contribution in [0.15, 0.2) is 12.3 Å². The molecule has 2 atom stereocenters. The van der Waals surface area contributed by atoms with Gasteiger partial charge in [0.05, 0.1) is 6.61 Å². The highest BCUT2D eigenvalue weighted by molar-refractivity contribution is 5.36. The normalized spacial score (nSPS) is 23.4. The largest absolute Gasteiger partial charge is 0.478 e. The van der Waals surface area contributed by atoms with E-state index in [9.17, 15) is 0 Å². The van der Waals surface area contributed by atoms with E-state index >= 15 is 0 Å². The van der Waals surface area contributed by atoms with Crippen LogP contribution < -0.4 is 15.4 Å².